The van der Waals surface area contributed by atoms with E-state index in [1.807, 2.05) is 6.07 Å². The van der Waals surface area contributed by atoms with Crippen molar-refractivity contribution in [2.75, 3.05) is 5.32 Å². The van der Waals surface area contributed by atoms with Gasteiger partial charge in [-0.3, -0.25) is 4.79 Å². The minimum absolute atomic E-state index is 0.0577. The largest absolute Gasteiger partial charge is 0.326 e. The Balaban J connectivity index is 1.69. The Morgan fingerprint density at radius 1 is 0.821 bits per heavy atom. The number of hydrogen-bond acceptors (Lipinski definition) is 1. The molecule has 1 saturated carbocycles. The molecule has 2 nitrogen and oxygen atoms in total. The second kappa shape index (κ2) is 6.94. The topological polar surface area (TPSA) is 29.1 Å². The molecule has 0 spiro atoms. The van der Waals surface area contributed by atoms with Crippen molar-refractivity contribution in [3.63, 3.8) is 0 Å². The summed E-state index contributed by atoms with van der Waals surface area (Å²) < 4.78 is 0. The number of amides is 1. The Bertz CT molecular complexity index is 1000. The summed E-state index contributed by atoms with van der Waals surface area (Å²) in [5, 5.41) is 3.16. The smallest absolute Gasteiger partial charge is 0.228 e. The van der Waals surface area contributed by atoms with Crippen molar-refractivity contribution in [2.24, 2.45) is 5.92 Å². The first-order valence-electron chi connectivity index (χ1n) is 9.92. The number of benzene rings is 3. The third kappa shape index (κ3) is 3.24. The first-order valence-corrected chi connectivity index (χ1v) is 9.92. The molecule has 0 bridgehead atoms. The fourth-order valence-corrected chi connectivity index (χ4v) is 4.28. The van der Waals surface area contributed by atoms with Crippen molar-refractivity contribution in [2.45, 2.75) is 39.5 Å². The Morgan fingerprint density at radius 3 is 1.96 bits per heavy atom. The summed E-state index contributed by atoms with van der Waals surface area (Å²) >= 11 is 0. The maximum atomic E-state index is 13.2. The van der Waals surface area contributed by atoms with E-state index in [4.69, 9.17) is 0 Å². The average molecular weight is 370 g/mol. The van der Waals surface area contributed by atoms with Gasteiger partial charge in [-0.15, -0.1) is 0 Å². The molecule has 28 heavy (non-hydrogen) atoms. The van der Waals surface area contributed by atoms with E-state index in [1.54, 1.807) is 0 Å². The standard InChI is InChI=1S/C26H27NO/c1-17-7-5-9-21(13-17)26(22-10-6-8-18(2)14-22)16-24(26)25(28)27-23-12-11-19(3)20(4)15-23/h5-15,24H,16H2,1-4H3,(H,27,28)/t24-/m0/s1. The number of nitrogens with one attached hydrogen (secondary N) is 1. The normalized spacial score (nSPS) is 17.2. The Hall–Kier alpha value is -2.87. The highest BCUT2D eigenvalue weighted by Crippen LogP contribution is 2.59. The van der Waals surface area contributed by atoms with E-state index in [1.165, 1.54) is 33.4 Å². The summed E-state index contributed by atoms with van der Waals surface area (Å²) in [5.74, 6) is 0.0453. The van der Waals surface area contributed by atoms with Crippen molar-refractivity contribution in [3.05, 3.63) is 100 Å². The van der Waals surface area contributed by atoms with E-state index in [9.17, 15) is 4.79 Å². The molecule has 1 aliphatic rings. The lowest BCUT2D eigenvalue weighted by molar-refractivity contribution is -0.117. The molecule has 0 unspecified atom stereocenters. The highest BCUT2D eigenvalue weighted by molar-refractivity contribution is 5.97. The molecule has 0 saturated heterocycles. The molecular weight excluding hydrogens is 342 g/mol. The van der Waals surface area contributed by atoms with Gasteiger partial charge in [0.15, 0.2) is 0 Å². The van der Waals surface area contributed by atoms with E-state index < -0.39 is 0 Å². The molecule has 1 N–H and O–H groups in total. The number of hydrogen-bond donors (Lipinski definition) is 1. The minimum Gasteiger partial charge on any atom is -0.326 e. The van der Waals surface area contributed by atoms with E-state index in [2.05, 4.69) is 93.7 Å². The van der Waals surface area contributed by atoms with Crippen molar-refractivity contribution in [1.82, 2.24) is 0 Å². The van der Waals surface area contributed by atoms with Crippen LogP contribution in [0.4, 0.5) is 5.69 Å². The van der Waals surface area contributed by atoms with Crippen LogP contribution < -0.4 is 5.32 Å². The van der Waals surface area contributed by atoms with Crippen LogP contribution in [-0.2, 0) is 10.2 Å². The van der Waals surface area contributed by atoms with E-state index >= 15 is 0 Å². The van der Waals surface area contributed by atoms with Crippen LogP contribution >= 0.6 is 0 Å². The predicted molar refractivity (Wildman–Crippen MR) is 116 cm³/mol. The minimum atomic E-state index is -0.234. The Morgan fingerprint density at radius 2 is 1.43 bits per heavy atom. The zero-order valence-electron chi connectivity index (χ0n) is 17.0. The first-order chi connectivity index (χ1) is 13.4. The van der Waals surface area contributed by atoms with Crippen LogP contribution in [0, 0.1) is 33.6 Å². The summed E-state index contributed by atoms with van der Waals surface area (Å²) in [4.78, 5) is 13.2. The summed E-state index contributed by atoms with van der Waals surface area (Å²) in [6.45, 7) is 8.38. The van der Waals surface area contributed by atoms with Gasteiger partial charge in [-0.1, -0.05) is 65.7 Å². The fourth-order valence-electron chi connectivity index (χ4n) is 4.28. The summed E-state index contributed by atoms with van der Waals surface area (Å²) in [6.07, 6.45) is 0.844. The lowest BCUT2D eigenvalue weighted by Gasteiger charge is -2.20. The Labute approximate surface area is 167 Å². The molecule has 2 heteroatoms. The van der Waals surface area contributed by atoms with Crippen LogP contribution in [0.2, 0.25) is 0 Å². The highest BCUT2D eigenvalue weighted by Gasteiger charge is 2.60. The van der Waals surface area contributed by atoms with Gasteiger partial charge >= 0.3 is 0 Å². The van der Waals surface area contributed by atoms with E-state index in [0.717, 1.165) is 12.1 Å². The maximum absolute atomic E-state index is 13.2. The summed E-state index contributed by atoms with van der Waals surface area (Å²) in [7, 11) is 0. The van der Waals surface area contributed by atoms with E-state index in [-0.39, 0.29) is 17.2 Å². The van der Waals surface area contributed by atoms with Gasteiger partial charge in [0.25, 0.3) is 0 Å². The van der Waals surface area contributed by atoms with Crippen molar-refractivity contribution >= 4 is 11.6 Å². The molecule has 1 aliphatic carbocycles. The van der Waals surface area contributed by atoms with Gasteiger partial charge in [0.2, 0.25) is 5.91 Å². The SMILES string of the molecule is Cc1cccc(C2(c3cccc(C)c3)C[C@H]2C(=O)Nc2ccc(C)c(C)c2)c1. The van der Waals surface area contributed by atoms with Crippen LogP contribution in [0.15, 0.2) is 66.7 Å². The fraction of sp³-hybridized carbons (Fsp3) is 0.269. The Kier molecular flexibility index (Phi) is 4.58. The van der Waals surface area contributed by atoms with Crippen LogP contribution in [-0.4, -0.2) is 5.91 Å². The van der Waals surface area contributed by atoms with Gasteiger partial charge < -0.3 is 5.32 Å². The van der Waals surface area contributed by atoms with Crippen LogP contribution in [0.25, 0.3) is 0 Å². The van der Waals surface area contributed by atoms with Crippen molar-refractivity contribution < 1.29 is 4.79 Å². The van der Waals surface area contributed by atoms with E-state index in [0.29, 0.717) is 0 Å². The number of anilines is 1. The van der Waals surface area contributed by atoms with Crippen molar-refractivity contribution in [3.8, 4) is 0 Å². The number of rotatable bonds is 4. The second-order valence-corrected chi connectivity index (χ2v) is 8.26. The van der Waals surface area contributed by atoms with Crippen LogP contribution in [0.3, 0.4) is 0 Å². The molecule has 0 radical (unpaired) electrons. The molecule has 1 fully saturated rings. The van der Waals surface area contributed by atoms with Crippen LogP contribution in [0.5, 0.6) is 0 Å². The van der Waals surface area contributed by atoms with Crippen molar-refractivity contribution in [1.29, 1.82) is 0 Å². The molecule has 3 aromatic carbocycles. The molecule has 0 heterocycles. The van der Waals surface area contributed by atoms with Gasteiger partial charge in [0.05, 0.1) is 5.92 Å². The highest BCUT2D eigenvalue weighted by atomic mass is 16.2. The molecule has 0 aliphatic heterocycles. The number of carbonyl (C=O) groups excluding carboxylic acids is 1. The number of carbonyl (C=O) groups is 1. The molecular formula is C26H27NO. The molecule has 1 atom stereocenters. The zero-order chi connectivity index (χ0) is 19.9. The van der Waals surface area contributed by atoms with Gasteiger partial charge in [-0.25, -0.2) is 0 Å². The van der Waals surface area contributed by atoms with Gasteiger partial charge in [-0.2, -0.15) is 0 Å². The monoisotopic (exact) mass is 369 g/mol. The number of aryl methyl sites for hydroxylation is 4. The predicted octanol–water partition coefficient (Wildman–Crippen LogP) is 5.86. The summed E-state index contributed by atoms with van der Waals surface area (Å²) in [6, 6.07) is 23.3. The molecule has 142 valence electrons. The van der Waals surface area contributed by atoms with Crippen LogP contribution in [0.1, 0.15) is 39.8 Å². The molecule has 4 rings (SSSR count). The van der Waals surface area contributed by atoms with Gasteiger partial charge in [-0.05, 0) is 68.5 Å². The first kappa shape index (κ1) is 18.5. The average Bonchev–Trinajstić information content (AvgIpc) is 3.42. The van der Waals surface area contributed by atoms with Gasteiger partial charge in [0, 0.05) is 11.1 Å². The molecule has 3 aromatic rings. The molecule has 1 amide bonds. The quantitative estimate of drug-likeness (QED) is 0.613. The van der Waals surface area contributed by atoms with Gasteiger partial charge in [0.1, 0.15) is 0 Å². The molecule has 0 aromatic heterocycles. The zero-order valence-corrected chi connectivity index (χ0v) is 17.0. The lowest BCUT2D eigenvalue weighted by Crippen LogP contribution is -2.22. The maximum Gasteiger partial charge on any atom is 0.228 e. The summed E-state index contributed by atoms with van der Waals surface area (Å²) in [5.41, 5.74) is 7.99. The third-order valence-electron chi connectivity index (χ3n) is 6.12. The third-order valence-corrected chi connectivity index (χ3v) is 6.12. The second-order valence-electron chi connectivity index (χ2n) is 8.26. The lowest BCUT2D eigenvalue weighted by atomic mass is 9.84.